The number of ether oxygens (including phenoxy) is 1. The predicted molar refractivity (Wildman–Crippen MR) is 130 cm³/mol. The molecule has 0 spiro atoms. The lowest BCUT2D eigenvalue weighted by molar-refractivity contribution is -0.153. The first-order valence-electron chi connectivity index (χ1n) is 12.3. The Morgan fingerprint density at radius 3 is 2.50 bits per heavy atom. The van der Waals surface area contributed by atoms with Gasteiger partial charge in [-0.1, -0.05) is 0 Å². The molecule has 4 atom stereocenters. The second kappa shape index (κ2) is 8.87. The van der Waals surface area contributed by atoms with Crippen molar-refractivity contribution in [1.29, 1.82) is 0 Å². The zero-order valence-corrected chi connectivity index (χ0v) is 21.2. The van der Waals surface area contributed by atoms with E-state index in [-0.39, 0.29) is 47.8 Å². The molecule has 5 rings (SSSR count). The zero-order valence-electron chi connectivity index (χ0n) is 21.2. The number of Topliss-reactive ketones (excluding diaryl/α,β-unsaturated/α-hetero) is 2. The third kappa shape index (κ3) is 3.51. The molecular formula is C26H30FN3O8. The molecule has 1 saturated heterocycles. The van der Waals surface area contributed by atoms with Crippen LogP contribution < -0.4 is 5.73 Å². The van der Waals surface area contributed by atoms with Gasteiger partial charge < -0.3 is 30.9 Å². The number of aromatic hydroxyl groups is 1. The van der Waals surface area contributed by atoms with Crippen LogP contribution in [-0.2, 0) is 32.1 Å². The van der Waals surface area contributed by atoms with E-state index in [0.29, 0.717) is 13.1 Å². The average molecular weight is 532 g/mol. The number of hydrogen-bond acceptors (Lipinski definition) is 10. The van der Waals surface area contributed by atoms with Crippen LogP contribution in [0.25, 0.3) is 5.76 Å². The second-order valence-electron chi connectivity index (χ2n) is 10.7. The van der Waals surface area contributed by atoms with Gasteiger partial charge in [-0.3, -0.25) is 24.2 Å². The second-order valence-corrected chi connectivity index (χ2v) is 10.7. The van der Waals surface area contributed by atoms with Crippen molar-refractivity contribution in [3.8, 4) is 5.75 Å². The number of carbonyl (C=O) groups is 3. The van der Waals surface area contributed by atoms with E-state index in [0.717, 1.165) is 0 Å². The number of methoxy groups -OCH3 is 1. The van der Waals surface area contributed by atoms with Gasteiger partial charge in [0.15, 0.2) is 11.4 Å². The number of nitrogens with two attached hydrogens (primary N) is 1. The number of carbonyl (C=O) groups excluding carboxylic acids is 3. The third-order valence-electron chi connectivity index (χ3n) is 8.38. The molecule has 1 aromatic carbocycles. The summed E-state index contributed by atoms with van der Waals surface area (Å²) in [5, 5.41) is 44.3. The van der Waals surface area contributed by atoms with Crippen molar-refractivity contribution >= 4 is 23.2 Å². The smallest absolute Gasteiger partial charge is 0.255 e. The SMILES string of the molecule is COC1CN(Cc2cc(O)c3c(c2F)C[C@H]2C[C@H]4[C@H](N(C)C)C(=O)C(C(N)=O)=C(O)[C@@]4(O)C(=O)C2=C3O)C1. The molecule has 1 amide bonds. The predicted octanol–water partition coefficient (Wildman–Crippen LogP) is -0.0663. The molecule has 11 nitrogen and oxygen atoms in total. The highest BCUT2D eigenvalue weighted by Gasteiger charge is 2.64. The summed E-state index contributed by atoms with van der Waals surface area (Å²) >= 11 is 0. The van der Waals surface area contributed by atoms with E-state index in [1.165, 1.54) is 25.1 Å². The molecule has 2 fully saturated rings. The number of benzene rings is 1. The molecule has 6 N–H and O–H groups in total. The van der Waals surface area contributed by atoms with Crippen LogP contribution in [0.15, 0.2) is 23.0 Å². The van der Waals surface area contributed by atoms with Crippen molar-refractivity contribution < 1.29 is 43.9 Å². The molecule has 204 valence electrons. The number of phenolic OH excluding ortho intramolecular Hbond substituents is 1. The van der Waals surface area contributed by atoms with Crippen LogP contribution in [0, 0.1) is 17.7 Å². The number of hydrogen-bond donors (Lipinski definition) is 5. The zero-order chi connectivity index (χ0) is 27.8. The van der Waals surface area contributed by atoms with Crippen LogP contribution in [0.1, 0.15) is 23.1 Å². The van der Waals surface area contributed by atoms with Crippen LogP contribution in [0.2, 0.25) is 0 Å². The number of likely N-dealkylation sites (tertiary alicyclic amines) is 1. The fraction of sp³-hybridized carbons (Fsp3) is 0.500. The van der Waals surface area contributed by atoms with Crippen molar-refractivity contribution in [2.24, 2.45) is 17.6 Å². The Bertz CT molecular complexity index is 1330. The maximum atomic E-state index is 15.7. The monoisotopic (exact) mass is 531 g/mol. The molecule has 38 heavy (non-hydrogen) atoms. The van der Waals surface area contributed by atoms with Gasteiger partial charge in [-0.25, -0.2) is 4.39 Å². The molecule has 1 aromatic rings. The van der Waals surface area contributed by atoms with Gasteiger partial charge in [0.1, 0.15) is 28.7 Å². The standard InChI is InChI=1S/C26H30FN3O8/c1-29(2)20-14-5-10-4-13-17(15(31)6-11(19(13)27)7-30-8-12(9-30)38-3)21(32)16(10)23(34)26(14,37)24(35)18(22(20)33)25(28)36/h6,10,12,14,20,31-32,35,37H,4-5,7-9H2,1-3H3,(H2,28,36)/t10-,14-,20-,26-/m0/s1. The number of aliphatic hydroxyl groups is 3. The number of aliphatic hydroxyl groups excluding tert-OH is 2. The van der Waals surface area contributed by atoms with Crippen LogP contribution >= 0.6 is 0 Å². The van der Waals surface area contributed by atoms with Gasteiger partial charge in [-0.15, -0.1) is 0 Å². The van der Waals surface area contributed by atoms with Crippen molar-refractivity contribution in [2.45, 2.75) is 37.1 Å². The van der Waals surface area contributed by atoms with Crippen molar-refractivity contribution in [3.05, 3.63) is 45.5 Å². The summed E-state index contributed by atoms with van der Waals surface area (Å²) in [5.41, 5.74) is 1.36. The quantitative estimate of drug-likeness (QED) is 0.324. The topological polar surface area (TPSA) is 174 Å². The summed E-state index contributed by atoms with van der Waals surface area (Å²) in [6.45, 7) is 1.41. The lowest BCUT2D eigenvalue weighted by Gasteiger charge is -2.50. The van der Waals surface area contributed by atoms with Gasteiger partial charge in [0.25, 0.3) is 5.91 Å². The Labute approximate surface area is 217 Å². The molecule has 0 aromatic heterocycles. The van der Waals surface area contributed by atoms with E-state index < -0.39 is 69.6 Å². The third-order valence-corrected chi connectivity index (χ3v) is 8.38. The minimum absolute atomic E-state index is 0.0226. The van der Waals surface area contributed by atoms with Gasteiger partial charge in [-0.05, 0) is 38.9 Å². The Morgan fingerprint density at radius 2 is 1.92 bits per heavy atom. The van der Waals surface area contributed by atoms with Gasteiger partial charge in [0, 0.05) is 49.4 Å². The number of likely N-dealkylation sites (N-methyl/N-ethyl adjacent to an activating group) is 1. The molecule has 0 radical (unpaired) electrons. The van der Waals surface area contributed by atoms with E-state index in [1.807, 2.05) is 4.90 Å². The highest BCUT2D eigenvalue weighted by Crippen LogP contribution is 2.53. The summed E-state index contributed by atoms with van der Waals surface area (Å²) in [6, 6.07) is -0.00248. The van der Waals surface area contributed by atoms with E-state index in [2.05, 4.69) is 0 Å². The van der Waals surface area contributed by atoms with Crippen molar-refractivity contribution in [3.63, 3.8) is 0 Å². The number of halogens is 1. The summed E-state index contributed by atoms with van der Waals surface area (Å²) < 4.78 is 21.0. The minimum atomic E-state index is -2.73. The fourth-order valence-electron chi connectivity index (χ4n) is 6.50. The van der Waals surface area contributed by atoms with E-state index >= 15 is 4.39 Å². The van der Waals surface area contributed by atoms with Crippen LogP contribution in [0.3, 0.4) is 0 Å². The van der Waals surface area contributed by atoms with Crippen molar-refractivity contribution in [1.82, 2.24) is 9.80 Å². The van der Waals surface area contributed by atoms with Gasteiger partial charge in [0.2, 0.25) is 5.78 Å². The van der Waals surface area contributed by atoms with Gasteiger partial charge in [-0.2, -0.15) is 0 Å². The molecular weight excluding hydrogens is 501 g/mol. The Hall–Kier alpha value is -3.32. The number of ketones is 2. The number of fused-ring (bicyclic) bond motifs is 3. The normalized spacial score (nSPS) is 29.8. The minimum Gasteiger partial charge on any atom is -0.508 e. The number of rotatable bonds is 5. The number of amides is 1. The Kier molecular flexibility index (Phi) is 6.14. The van der Waals surface area contributed by atoms with Gasteiger partial charge >= 0.3 is 0 Å². The molecule has 1 aliphatic heterocycles. The molecule has 1 saturated carbocycles. The maximum absolute atomic E-state index is 15.7. The van der Waals surface area contributed by atoms with Crippen molar-refractivity contribution in [2.75, 3.05) is 34.3 Å². The molecule has 3 aliphatic carbocycles. The lowest BCUT2D eigenvalue weighted by atomic mass is 9.57. The molecule has 1 heterocycles. The first-order chi connectivity index (χ1) is 17.8. The van der Waals surface area contributed by atoms with Crippen LogP contribution in [0.5, 0.6) is 5.75 Å². The van der Waals surface area contributed by atoms with Gasteiger partial charge in [0.05, 0.1) is 17.7 Å². The summed E-state index contributed by atoms with van der Waals surface area (Å²) in [4.78, 5) is 42.3. The Balaban J connectivity index is 1.62. The summed E-state index contributed by atoms with van der Waals surface area (Å²) in [6.07, 6.45) is -0.144. The van der Waals surface area contributed by atoms with E-state index in [9.17, 15) is 34.8 Å². The average Bonchev–Trinajstić information content (AvgIpc) is 2.80. The number of primary amides is 1. The van der Waals surface area contributed by atoms with E-state index in [1.54, 1.807) is 7.11 Å². The molecule has 12 heteroatoms. The van der Waals surface area contributed by atoms with Crippen LogP contribution in [-0.4, -0.2) is 99.7 Å². The first-order valence-corrected chi connectivity index (χ1v) is 12.3. The first kappa shape index (κ1) is 26.3. The Morgan fingerprint density at radius 1 is 1.26 bits per heavy atom. The highest BCUT2D eigenvalue weighted by atomic mass is 19.1. The van der Waals surface area contributed by atoms with E-state index in [4.69, 9.17) is 10.5 Å². The fourth-order valence-corrected chi connectivity index (χ4v) is 6.50. The largest absolute Gasteiger partial charge is 0.508 e. The highest BCUT2D eigenvalue weighted by molar-refractivity contribution is 6.24. The number of phenols is 1. The molecule has 4 aliphatic rings. The lowest BCUT2D eigenvalue weighted by Crippen LogP contribution is -2.65. The number of nitrogens with zero attached hydrogens (tertiary/aromatic N) is 2. The maximum Gasteiger partial charge on any atom is 0.255 e. The molecule has 0 bridgehead atoms. The summed E-state index contributed by atoms with van der Waals surface area (Å²) in [5.74, 6) is -8.26. The molecule has 0 unspecified atom stereocenters. The summed E-state index contributed by atoms with van der Waals surface area (Å²) in [7, 11) is 4.63. The van der Waals surface area contributed by atoms with Crippen LogP contribution in [0.4, 0.5) is 4.39 Å².